The van der Waals surface area contributed by atoms with Gasteiger partial charge >= 0.3 is 0 Å². The third-order valence-corrected chi connectivity index (χ3v) is 8.22. The zero-order valence-corrected chi connectivity index (χ0v) is 15.0. The Morgan fingerprint density at radius 2 is 1.74 bits per heavy atom. The first-order chi connectivity index (χ1) is 11.0. The first kappa shape index (κ1) is 15.3. The van der Waals surface area contributed by atoms with E-state index < -0.39 is 0 Å². The van der Waals surface area contributed by atoms with Crippen LogP contribution < -0.4 is 0 Å². The molecule has 2 heteroatoms. The molecule has 1 nitrogen and oxygen atoms in total. The third kappa shape index (κ3) is 2.18. The Balaban J connectivity index is 1.77. The van der Waals surface area contributed by atoms with E-state index in [0.29, 0.717) is 22.0 Å². The standard InChI is InChI=1S/C21H25NS/c1-20(2)16-12-13-21(20,3)18(17-11-7-8-14-22-17)19(16)23-15-9-5-4-6-10-15/h4-11,14,16,18-19H,12-13H2,1-3H3/t16-,18-,19+,21+/m0/s1. The van der Waals surface area contributed by atoms with Gasteiger partial charge in [0.15, 0.2) is 0 Å². The molecule has 4 rings (SSSR count). The summed E-state index contributed by atoms with van der Waals surface area (Å²) < 4.78 is 0. The Morgan fingerprint density at radius 1 is 1.00 bits per heavy atom. The minimum absolute atomic E-state index is 0.346. The smallest absolute Gasteiger partial charge is 0.0451 e. The van der Waals surface area contributed by atoms with Gasteiger partial charge in [-0.1, -0.05) is 45.0 Å². The molecule has 0 saturated heterocycles. The quantitative estimate of drug-likeness (QED) is 0.710. The van der Waals surface area contributed by atoms with Crippen LogP contribution in [0.15, 0.2) is 59.6 Å². The SMILES string of the molecule is CC1(C)[C@H]2CC[C@]1(C)[C@@H](c1ccccn1)[C@@H]2Sc1ccccc1. The molecule has 0 N–H and O–H groups in total. The Morgan fingerprint density at radius 3 is 2.43 bits per heavy atom. The lowest BCUT2D eigenvalue weighted by atomic mass is 9.66. The normalized spacial score (nSPS) is 34.7. The van der Waals surface area contributed by atoms with Gasteiger partial charge in [-0.2, -0.15) is 0 Å². The van der Waals surface area contributed by atoms with Crippen molar-refractivity contribution in [2.24, 2.45) is 16.7 Å². The predicted octanol–water partition coefficient (Wildman–Crippen LogP) is 5.78. The van der Waals surface area contributed by atoms with Crippen molar-refractivity contribution in [1.82, 2.24) is 4.98 Å². The van der Waals surface area contributed by atoms with Gasteiger partial charge in [-0.25, -0.2) is 0 Å². The van der Waals surface area contributed by atoms with E-state index in [9.17, 15) is 0 Å². The van der Waals surface area contributed by atoms with Crippen LogP contribution in [-0.2, 0) is 0 Å². The number of aromatic nitrogens is 1. The van der Waals surface area contributed by atoms with E-state index in [4.69, 9.17) is 4.98 Å². The summed E-state index contributed by atoms with van der Waals surface area (Å²) in [7, 11) is 0. The maximum Gasteiger partial charge on any atom is 0.0451 e. The molecule has 2 saturated carbocycles. The Labute approximate surface area is 143 Å². The highest BCUT2D eigenvalue weighted by Crippen LogP contribution is 2.73. The molecule has 0 unspecified atom stereocenters. The summed E-state index contributed by atoms with van der Waals surface area (Å²) in [6.45, 7) is 7.50. The third-order valence-electron chi connectivity index (χ3n) is 6.81. The summed E-state index contributed by atoms with van der Waals surface area (Å²) in [6.07, 6.45) is 4.65. The lowest BCUT2D eigenvalue weighted by molar-refractivity contribution is 0.133. The Hall–Kier alpha value is -1.28. The van der Waals surface area contributed by atoms with Gasteiger partial charge in [0.1, 0.15) is 0 Å². The van der Waals surface area contributed by atoms with Gasteiger partial charge in [0.05, 0.1) is 0 Å². The second-order valence-corrected chi connectivity index (χ2v) is 9.16. The number of hydrogen-bond acceptors (Lipinski definition) is 2. The van der Waals surface area contributed by atoms with Crippen LogP contribution >= 0.6 is 11.8 Å². The van der Waals surface area contributed by atoms with Crippen molar-refractivity contribution in [1.29, 1.82) is 0 Å². The molecule has 4 atom stereocenters. The van der Waals surface area contributed by atoms with Crippen LogP contribution in [-0.4, -0.2) is 10.2 Å². The molecule has 1 aromatic heterocycles. The molecule has 2 aromatic rings. The average molecular weight is 324 g/mol. The van der Waals surface area contributed by atoms with Crippen molar-refractivity contribution < 1.29 is 0 Å². The molecule has 1 aromatic carbocycles. The minimum Gasteiger partial charge on any atom is -0.261 e. The highest BCUT2D eigenvalue weighted by molar-refractivity contribution is 8.00. The fourth-order valence-electron chi connectivity index (χ4n) is 5.15. The van der Waals surface area contributed by atoms with Crippen LogP contribution in [0.2, 0.25) is 0 Å². The van der Waals surface area contributed by atoms with Crippen molar-refractivity contribution in [3.8, 4) is 0 Å². The fraction of sp³-hybridized carbons (Fsp3) is 0.476. The summed E-state index contributed by atoms with van der Waals surface area (Å²) in [5.74, 6) is 1.31. The summed E-state index contributed by atoms with van der Waals surface area (Å²) in [4.78, 5) is 6.16. The zero-order chi connectivity index (χ0) is 16.1. The number of thioether (sulfide) groups is 1. The highest BCUT2D eigenvalue weighted by atomic mass is 32.2. The summed E-state index contributed by atoms with van der Waals surface area (Å²) >= 11 is 2.08. The molecule has 0 spiro atoms. The van der Waals surface area contributed by atoms with E-state index in [1.165, 1.54) is 23.4 Å². The monoisotopic (exact) mass is 323 g/mol. The molecular weight excluding hydrogens is 298 g/mol. The molecule has 0 radical (unpaired) electrons. The molecule has 120 valence electrons. The molecule has 2 bridgehead atoms. The summed E-state index contributed by atoms with van der Waals surface area (Å²) in [6, 6.07) is 17.3. The molecule has 2 aliphatic carbocycles. The van der Waals surface area contributed by atoms with Crippen molar-refractivity contribution in [3.05, 3.63) is 60.4 Å². The number of benzene rings is 1. The summed E-state index contributed by atoms with van der Waals surface area (Å²) in [5, 5.41) is 0.626. The van der Waals surface area contributed by atoms with Crippen LogP contribution in [0.5, 0.6) is 0 Å². The minimum atomic E-state index is 0.346. The van der Waals surface area contributed by atoms with Crippen LogP contribution in [0.4, 0.5) is 0 Å². The largest absolute Gasteiger partial charge is 0.261 e. The van der Waals surface area contributed by atoms with E-state index in [1.807, 2.05) is 12.3 Å². The average Bonchev–Trinajstić information content (AvgIpc) is 2.88. The highest BCUT2D eigenvalue weighted by Gasteiger charge is 2.66. The van der Waals surface area contributed by atoms with E-state index in [0.717, 1.165) is 5.92 Å². The van der Waals surface area contributed by atoms with Gasteiger partial charge in [0, 0.05) is 28.0 Å². The van der Waals surface area contributed by atoms with E-state index >= 15 is 0 Å². The predicted molar refractivity (Wildman–Crippen MR) is 97.7 cm³/mol. The van der Waals surface area contributed by atoms with Crippen molar-refractivity contribution >= 4 is 11.8 Å². The van der Waals surface area contributed by atoms with Crippen LogP contribution in [0.1, 0.15) is 45.2 Å². The van der Waals surface area contributed by atoms with Gasteiger partial charge in [-0.05, 0) is 53.9 Å². The Bertz CT molecular complexity index is 682. The van der Waals surface area contributed by atoms with Gasteiger partial charge in [-0.15, -0.1) is 11.8 Å². The molecule has 0 aliphatic heterocycles. The molecule has 23 heavy (non-hydrogen) atoms. The maximum absolute atomic E-state index is 4.77. The van der Waals surface area contributed by atoms with Crippen molar-refractivity contribution in [2.75, 3.05) is 0 Å². The van der Waals surface area contributed by atoms with Gasteiger partial charge < -0.3 is 0 Å². The second kappa shape index (κ2) is 5.37. The second-order valence-electron chi connectivity index (χ2n) is 7.91. The maximum atomic E-state index is 4.77. The first-order valence-corrected chi connectivity index (χ1v) is 9.55. The number of hydrogen-bond donors (Lipinski definition) is 0. The molecule has 2 fully saturated rings. The van der Waals surface area contributed by atoms with Gasteiger partial charge in [0.25, 0.3) is 0 Å². The van der Waals surface area contributed by atoms with Gasteiger partial charge in [-0.3, -0.25) is 4.98 Å². The van der Waals surface area contributed by atoms with E-state index in [2.05, 4.69) is 75.0 Å². The molecule has 0 amide bonds. The molecule has 2 aliphatic rings. The molecule has 1 heterocycles. The zero-order valence-electron chi connectivity index (χ0n) is 14.2. The number of fused-ring (bicyclic) bond motifs is 2. The van der Waals surface area contributed by atoms with Crippen LogP contribution in [0.25, 0.3) is 0 Å². The molecular formula is C21H25NS. The first-order valence-electron chi connectivity index (χ1n) is 8.67. The summed E-state index contributed by atoms with van der Waals surface area (Å²) in [5.41, 5.74) is 2.01. The fourth-order valence-corrected chi connectivity index (χ4v) is 6.99. The van der Waals surface area contributed by atoms with Gasteiger partial charge in [0.2, 0.25) is 0 Å². The lowest BCUT2D eigenvalue weighted by Gasteiger charge is -2.40. The van der Waals surface area contributed by atoms with Crippen molar-refractivity contribution in [3.63, 3.8) is 0 Å². The van der Waals surface area contributed by atoms with Crippen molar-refractivity contribution in [2.45, 2.75) is 49.7 Å². The number of pyridine rings is 1. The van der Waals surface area contributed by atoms with E-state index in [1.54, 1.807) is 0 Å². The lowest BCUT2D eigenvalue weighted by Crippen LogP contribution is -2.32. The number of nitrogens with zero attached hydrogens (tertiary/aromatic N) is 1. The van der Waals surface area contributed by atoms with E-state index in [-0.39, 0.29) is 0 Å². The van der Waals surface area contributed by atoms with Crippen LogP contribution in [0.3, 0.4) is 0 Å². The Kier molecular flexibility index (Phi) is 3.57. The number of rotatable bonds is 3. The topological polar surface area (TPSA) is 12.9 Å². The van der Waals surface area contributed by atoms with Crippen LogP contribution in [0, 0.1) is 16.7 Å².